The summed E-state index contributed by atoms with van der Waals surface area (Å²) < 4.78 is 7.29. The van der Waals surface area contributed by atoms with Crippen LogP contribution in [0, 0.1) is 0 Å². The SMILES string of the molecule is COC(C)CCC(O)c1c(Br)nnn1C. The smallest absolute Gasteiger partial charge is 0.154 e. The molecule has 86 valence electrons. The number of aryl methyl sites for hydroxylation is 1. The summed E-state index contributed by atoms with van der Waals surface area (Å²) in [5.74, 6) is 0. The number of ether oxygens (including phenoxy) is 1. The van der Waals surface area contributed by atoms with Gasteiger partial charge in [-0.1, -0.05) is 5.21 Å². The highest BCUT2D eigenvalue weighted by molar-refractivity contribution is 9.10. The predicted molar refractivity (Wildman–Crippen MR) is 59.4 cm³/mol. The summed E-state index contributed by atoms with van der Waals surface area (Å²) in [4.78, 5) is 0. The minimum atomic E-state index is -0.558. The highest BCUT2D eigenvalue weighted by Gasteiger charge is 2.18. The van der Waals surface area contributed by atoms with Crippen molar-refractivity contribution < 1.29 is 9.84 Å². The normalized spacial score (nSPS) is 15.3. The Morgan fingerprint density at radius 1 is 1.53 bits per heavy atom. The molecule has 5 nitrogen and oxygen atoms in total. The average Bonchev–Trinajstić information content (AvgIpc) is 2.54. The van der Waals surface area contributed by atoms with Crippen molar-refractivity contribution in [1.29, 1.82) is 0 Å². The van der Waals surface area contributed by atoms with Gasteiger partial charge in [-0.3, -0.25) is 0 Å². The zero-order valence-electron chi connectivity index (χ0n) is 9.14. The molecule has 0 fully saturated rings. The summed E-state index contributed by atoms with van der Waals surface area (Å²) in [6.07, 6.45) is 1.03. The first kappa shape index (κ1) is 12.6. The van der Waals surface area contributed by atoms with Gasteiger partial charge in [0.15, 0.2) is 4.60 Å². The number of aromatic nitrogens is 3. The Bertz CT molecular complexity index is 297. The van der Waals surface area contributed by atoms with Gasteiger partial charge in [0, 0.05) is 14.2 Å². The fraction of sp³-hybridized carbons (Fsp3) is 0.778. The molecule has 15 heavy (non-hydrogen) atoms. The van der Waals surface area contributed by atoms with Gasteiger partial charge in [0.25, 0.3) is 0 Å². The van der Waals surface area contributed by atoms with Gasteiger partial charge in [0.2, 0.25) is 0 Å². The average molecular weight is 278 g/mol. The lowest BCUT2D eigenvalue weighted by atomic mass is 10.1. The Balaban J connectivity index is 2.57. The van der Waals surface area contributed by atoms with Crippen LogP contribution in [-0.4, -0.2) is 33.3 Å². The van der Waals surface area contributed by atoms with E-state index in [2.05, 4.69) is 26.2 Å². The second kappa shape index (κ2) is 5.58. The molecule has 6 heteroatoms. The van der Waals surface area contributed by atoms with Crippen LogP contribution >= 0.6 is 15.9 Å². The molecule has 0 saturated carbocycles. The molecule has 1 heterocycles. The highest BCUT2D eigenvalue weighted by atomic mass is 79.9. The number of aliphatic hydroxyl groups excluding tert-OH is 1. The van der Waals surface area contributed by atoms with Gasteiger partial charge < -0.3 is 9.84 Å². The first-order chi connectivity index (χ1) is 7.06. The summed E-state index contributed by atoms with van der Waals surface area (Å²) in [6.45, 7) is 1.98. The second-order valence-electron chi connectivity index (χ2n) is 3.53. The van der Waals surface area contributed by atoms with Crippen molar-refractivity contribution in [2.24, 2.45) is 7.05 Å². The minimum absolute atomic E-state index is 0.152. The van der Waals surface area contributed by atoms with Crippen LogP contribution in [-0.2, 0) is 11.8 Å². The Morgan fingerprint density at radius 2 is 2.20 bits per heavy atom. The largest absolute Gasteiger partial charge is 0.387 e. The number of aliphatic hydroxyl groups is 1. The molecule has 0 aliphatic rings. The number of methoxy groups -OCH3 is 1. The molecular weight excluding hydrogens is 262 g/mol. The van der Waals surface area contributed by atoms with Gasteiger partial charge in [-0.15, -0.1) is 5.10 Å². The van der Waals surface area contributed by atoms with Crippen molar-refractivity contribution in [2.75, 3.05) is 7.11 Å². The Labute approximate surface area is 97.6 Å². The van der Waals surface area contributed by atoms with E-state index in [0.717, 1.165) is 6.42 Å². The van der Waals surface area contributed by atoms with Crippen LogP contribution in [0.2, 0.25) is 0 Å². The van der Waals surface area contributed by atoms with Crippen molar-refractivity contribution in [2.45, 2.75) is 32.0 Å². The van der Waals surface area contributed by atoms with Crippen LogP contribution in [0.25, 0.3) is 0 Å². The van der Waals surface area contributed by atoms with Gasteiger partial charge in [-0.25, -0.2) is 4.68 Å². The number of rotatable bonds is 5. The van der Waals surface area contributed by atoms with Crippen LogP contribution in [0.15, 0.2) is 4.60 Å². The summed E-state index contributed by atoms with van der Waals surface area (Å²) in [6, 6.07) is 0. The van der Waals surface area contributed by atoms with E-state index in [-0.39, 0.29) is 6.10 Å². The molecule has 1 rings (SSSR count). The standard InChI is InChI=1S/C9H16BrN3O2/c1-6(15-3)4-5-7(14)8-9(10)11-12-13(8)2/h6-7,14H,4-5H2,1-3H3. The molecule has 0 amide bonds. The van der Waals surface area contributed by atoms with Crippen LogP contribution < -0.4 is 0 Å². The number of nitrogens with zero attached hydrogens (tertiary/aromatic N) is 3. The van der Waals surface area contributed by atoms with E-state index in [1.54, 1.807) is 18.8 Å². The lowest BCUT2D eigenvalue weighted by molar-refractivity contribution is 0.0825. The molecule has 0 bridgehead atoms. The zero-order chi connectivity index (χ0) is 11.4. The monoisotopic (exact) mass is 277 g/mol. The molecule has 2 unspecified atom stereocenters. The van der Waals surface area contributed by atoms with E-state index in [1.165, 1.54) is 0 Å². The number of hydrogen-bond acceptors (Lipinski definition) is 4. The Morgan fingerprint density at radius 3 is 2.67 bits per heavy atom. The maximum absolute atomic E-state index is 9.93. The molecule has 1 aromatic rings. The van der Waals surface area contributed by atoms with Crippen molar-refractivity contribution >= 4 is 15.9 Å². The zero-order valence-corrected chi connectivity index (χ0v) is 10.7. The third-order valence-corrected chi connectivity index (χ3v) is 2.96. The van der Waals surface area contributed by atoms with Crippen molar-refractivity contribution in [3.63, 3.8) is 0 Å². The predicted octanol–water partition coefficient (Wildman–Crippen LogP) is 1.43. The first-order valence-electron chi connectivity index (χ1n) is 4.82. The molecule has 0 aliphatic heterocycles. The van der Waals surface area contributed by atoms with Gasteiger partial charge >= 0.3 is 0 Å². The summed E-state index contributed by atoms with van der Waals surface area (Å²) >= 11 is 3.26. The lowest BCUT2D eigenvalue weighted by Gasteiger charge is -2.13. The van der Waals surface area contributed by atoms with Crippen LogP contribution in [0.1, 0.15) is 31.6 Å². The third-order valence-electron chi connectivity index (χ3n) is 2.39. The van der Waals surface area contributed by atoms with Gasteiger partial charge in [-0.2, -0.15) is 0 Å². The number of hydrogen-bond donors (Lipinski definition) is 1. The van der Waals surface area contributed by atoms with Crippen LogP contribution in [0.4, 0.5) is 0 Å². The van der Waals surface area contributed by atoms with Crippen LogP contribution in [0.5, 0.6) is 0 Å². The lowest BCUT2D eigenvalue weighted by Crippen LogP contribution is -2.10. The minimum Gasteiger partial charge on any atom is -0.387 e. The molecule has 0 radical (unpaired) electrons. The van der Waals surface area contributed by atoms with E-state index in [0.29, 0.717) is 16.7 Å². The first-order valence-corrected chi connectivity index (χ1v) is 5.61. The molecular formula is C9H16BrN3O2. The molecule has 0 aliphatic carbocycles. The Hall–Kier alpha value is -0.460. The molecule has 1 N–H and O–H groups in total. The van der Waals surface area contributed by atoms with Crippen LogP contribution in [0.3, 0.4) is 0 Å². The van der Waals surface area contributed by atoms with E-state index >= 15 is 0 Å². The molecule has 0 aromatic carbocycles. The van der Waals surface area contributed by atoms with E-state index in [1.807, 2.05) is 6.92 Å². The van der Waals surface area contributed by atoms with Crippen molar-refractivity contribution in [3.8, 4) is 0 Å². The quantitative estimate of drug-likeness (QED) is 0.885. The Kier molecular flexibility index (Phi) is 4.69. The van der Waals surface area contributed by atoms with E-state index < -0.39 is 6.10 Å². The van der Waals surface area contributed by atoms with Gasteiger partial charge in [-0.05, 0) is 35.7 Å². The van der Waals surface area contributed by atoms with Crippen molar-refractivity contribution in [3.05, 3.63) is 10.3 Å². The van der Waals surface area contributed by atoms with Gasteiger partial charge in [0.05, 0.1) is 12.2 Å². The van der Waals surface area contributed by atoms with Gasteiger partial charge in [0.1, 0.15) is 5.69 Å². The maximum Gasteiger partial charge on any atom is 0.154 e. The summed E-state index contributed by atoms with van der Waals surface area (Å²) in [5.41, 5.74) is 0.707. The summed E-state index contributed by atoms with van der Waals surface area (Å²) in [7, 11) is 3.43. The third kappa shape index (κ3) is 3.25. The molecule has 2 atom stereocenters. The fourth-order valence-electron chi connectivity index (χ4n) is 1.34. The van der Waals surface area contributed by atoms with E-state index in [4.69, 9.17) is 4.74 Å². The molecule has 0 spiro atoms. The maximum atomic E-state index is 9.93. The number of halogens is 1. The van der Waals surface area contributed by atoms with E-state index in [9.17, 15) is 5.11 Å². The fourth-order valence-corrected chi connectivity index (χ4v) is 1.93. The summed E-state index contributed by atoms with van der Waals surface area (Å²) in [5, 5.41) is 17.6. The second-order valence-corrected chi connectivity index (χ2v) is 4.28. The topological polar surface area (TPSA) is 60.2 Å². The highest BCUT2D eigenvalue weighted by Crippen LogP contribution is 2.24. The molecule has 0 saturated heterocycles. The molecule has 1 aromatic heterocycles. The van der Waals surface area contributed by atoms with Crippen molar-refractivity contribution in [1.82, 2.24) is 15.0 Å².